The Morgan fingerprint density at radius 1 is 1.02 bits per heavy atom. The Balaban J connectivity index is 0.00000101. The fraction of sp³-hybridized carbons (Fsp3) is 0.758. The van der Waals surface area contributed by atoms with Crippen LogP contribution in [0.25, 0.3) is 0 Å². The molecule has 7 nitrogen and oxygen atoms in total. The zero-order chi connectivity index (χ0) is 30.0. The zero-order valence-corrected chi connectivity index (χ0v) is 26.6. The van der Waals surface area contributed by atoms with Gasteiger partial charge in [0.05, 0.1) is 0 Å². The van der Waals surface area contributed by atoms with Crippen molar-refractivity contribution >= 4 is 11.9 Å². The van der Waals surface area contributed by atoms with Crippen molar-refractivity contribution in [1.29, 1.82) is 0 Å². The van der Waals surface area contributed by atoms with Crippen LogP contribution in [-0.4, -0.2) is 72.9 Å². The number of rotatable bonds is 16. The lowest BCUT2D eigenvalue weighted by Gasteiger charge is -2.23. The van der Waals surface area contributed by atoms with Gasteiger partial charge in [-0.1, -0.05) is 37.1 Å². The average Bonchev–Trinajstić information content (AvgIpc) is 3.21. The van der Waals surface area contributed by atoms with E-state index in [4.69, 9.17) is 9.84 Å². The van der Waals surface area contributed by atoms with Gasteiger partial charge >= 0.3 is 5.97 Å². The van der Waals surface area contributed by atoms with Gasteiger partial charge in [0.2, 0.25) is 5.91 Å². The molecular formula is C33H59N3O4. The second-order valence-corrected chi connectivity index (χ2v) is 12.4. The summed E-state index contributed by atoms with van der Waals surface area (Å²) < 4.78 is 5.36. The van der Waals surface area contributed by atoms with E-state index in [1.54, 1.807) is 0 Å². The number of carbonyl (C=O) groups is 2. The molecule has 1 aromatic carbocycles. The third-order valence-electron chi connectivity index (χ3n) is 7.56. The van der Waals surface area contributed by atoms with Gasteiger partial charge in [-0.25, -0.2) is 0 Å². The second kappa shape index (κ2) is 20.0. The Morgan fingerprint density at radius 2 is 1.65 bits per heavy atom. The van der Waals surface area contributed by atoms with Crippen molar-refractivity contribution in [2.75, 3.05) is 27.2 Å². The van der Waals surface area contributed by atoms with Gasteiger partial charge in [0.15, 0.2) is 0 Å². The molecule has 1 fully saturated rings. The molecule has 2 rings (SSSR count). The molecule has 3 N–H and O–H groups in total. The predicted octanol–water partition coefficient (Wildman–Crippen LogP) is 5.42. The number of nitrogens with one attached hydrogen (secondary N) is 2. The van der Waals surface area contributed by atoms with Crippen molar-refractivity contribution in [3.63, 3.8) is 0 Å². The van der Waals surface area contributed by atoms with Crippen LogP contribution in [0.2, 0.25) is 0 Å². The molecule has 1 unspecified atom stereocenters. The van der Waals surface area contributed by atoms with Crippen LogP contribution in [0.15, 0.2) is 24.3 Å². The highest BCUT2D eigenvalue weighted by Gasteiger charge is 2.26. The van der Waals surface area contributed by atoms with Crippen LogP contribution in [-0.2, 0) is 27.2 Å². The topological polar surface area (TPSA) is 90.9 Å². The van der Waals surface area contributed by atoms with E-state index in [0.29, 0.717) is 25.9 Å². The predicted molar refractivity (Wildman–Crippen MR) is 165 cm³/mol. The molecule has 3 atom stereocenters. The van der Waals surface area contributed by atoms with E-state index in [1.807, 2.05) is 40.0 Å². The number of aryl methyl sites for hydroxylation is 2. The Hall–Kier alpha value is -1.96. The van der Waals surface area contributed by atoms with E-state index in [0.717, 1.165) is 55.4 Å². The normalized spacial score (nSPS) is 18.1. The van der Waals surface area contributed by atoms with Crippen LogP contribution in [0.1, 0.15) is 110 Å². The lowest BCUT2D eigenvalue weighted by atomic mass is 10.0. The molecule has 40 heavy (non-hydrogen) atoms. The molecular weight excluding hydrogens is 502 g/mol. The maximum atomic E-state index is 12.3. The first kappa shape index (κ1) is 36.1. The molecule has 1 aliphatic rings. The summed E-state index contributed by atoms with van der Waals surface area (Å²) in [7, 11) is 4.17. The number of esters is 1. The molecule has 0 bridgehead atoms. The smallest absolute Gasteiger partial charge is 0.306 e. The maximum Gasteiger partial charge on any atom is 0.306 e. The summed E-state index contributed by atoms with van der Waals surface area (Å²) >= 11 is 0. The fourth-order valence-corrected chi connectivity index (χ4v) is 4.98. The molecule has 0 spiro atoms. The van der Waals surface area contributed by atoms with Gasteiger partial charge in [-0.2, -0.15) is 0 Å². The standard InChI is InChI=1S/C28H46N2O3.C5H13NO/c1-21(9-7-8-10-25-18-11-22(2)30(25)6)29-26(31)19-16-23-12-14-24(15-13-23)17-20-27(32)33-28(3,4)5;1-6-4-2-3-5-7/h12-15,21-22,25H,7-11,16-20H2,1-6H3,(H,29,31);6-7H,2-5H2,1H3/t21-,22-,25?;/m1./s1. The minimum absolute atomic E-state index is 0.126. The Morgan fingerprint density at radius 3 is 2.17 bits per heavy atom. The Labute approximate surface area is 244 Å². The quantitative estimate of drug-likeness (QED) is 0.184. The number of hydrogen-bond acceptors (Lipinski definition) is 6. The number of aliphatic hydroxyl groups excluding tert-OH is 1. The van der Waals surface area contributed by atoms with Gasteiger partial charge in [0.1, 0.15) is 5.60 Å². The van der Waals surface area contributed by atoms with Gasteiger partial charge in [0.25, 0.3) is 0 Å². The van der Waals surface area contributed by atoms with Gasteiger partial charge in [-0.3, -0.25) is 9.59 Å². The first-order chi connectivity index (χ1) is 18.9. The number of amides is 1. The van der Waals surface area contributed by atoms with Crippen molar-refractivity contribution in [1.82, 2.24) is 15.5 Å². The summed E-state index contributed by atoms with van der Waals surface area (Å²) in [6, 6.07) is 9.90. The summed E-state index contributed by atoms with van der Waals surface area (Å²) in [4.78, 5) is 26.7. The molecule has 1 aliphatic heterocycles. The summed E-state index contributed by atoms with van der Waals surface area (Å²) in [5.41, 5.74) is 1.82. The van der Waals surface area contributed by atoms with Crippen molar-refractivity contribution in [3.05, 3.63) is 35.4 Å². The van der Waals surface area contributed by atoms with Gasteiger partial charge in [-0.05, 0) is 118 Å². The first-order valence-electron chi connectivity index (χ1n) is 15.5. The first-order valence-corrected chi connectivity index (χ1v) is 15.5. The monoisotopic (exact) mass is 561 g/mol. The van der Waals surface area contributed by atoms with E-state index in [1.165, 1.54) is 32.1 Å². The zero-order valence-electron chi connectivity index (χ0n) is 26.6. The van der Waals surface area contributed by atoms with E-state index >= 15 is 0 Å². The number of hydrogen-bond donors (Lipinski definition) is 3. The molecule has 1 heterocycles. The minimum atomic E-state index is -0.440. The maximum absolute atomic E-state index is 12.3. The van der Waals surface area contributed by atoms with Crippen LogP contribution in [0.3, 0.4) is 0 Å². The number of likely N-dealkylation sites (tertiary alicyclic amines) is 1. The van der Waals surface area contributed by atoms with E-state index in [-0.39, 0.29) is 17.9 Å². The lowest BCUT2D eigenvalue weighted by Crippen LogP contribution is -2.33. The summed E-state index contributed by atoms with van der Waals surface area (Å²) in [6.07, 6.45) is 11.7. The van der Waals surface area contributed by atoms with E-state index in [2.05, 4.69) is 48.6 Å². The molecule has 7 heteroatoms. The van der Waals surface area contributed by atoms with Crippen LogP contribution >= 0.6 is 0 Å². The van der Waals surface area contributed by atoms with Gasteiger partial charge in [-0.15, -0.1) is 0 Å². The third-order valence-corrected chi connectivity index (χ3v) is 7.56. The summed E-state index contributed by atoms with van der Waals surface area (Å²) in [6.45, 7) is 11.4. The number of carbonyl (C=O) groups excluding carboxylic acids is 2. The van der Waals surface area contributed by atoms with Crippen LogP contribution in [0.4, 0.5) is 0 Å². The minimum Gasteiger partial charge on any atom is -0.460 e. The molecule has 1 amide bonds. The van der Waals surface area contributed by atoms with Gasteiger partial charge < -0.3 is 25.4 Å². The van der Waals surface area contributed by atoms with Crippen LogP contribution in [0.5, 0.6) is 0 Å². The van der Waals surface area contributed by atoms with Crippen molar-refractivity contribution in [3.8, 4) is 0 Å². The van der Waals surface area contributed by atoms with E-state index < -0.39 is 5.60 Å². The van der Waals surface area contributed by atoms with Crippen LogP contribution < -0.4 is 10.6 Å². The highest BCUT2D eigenvalue weighted by molar-refractivity contribution is 5.76. The van der Waals surface area contributed by atoms with Gasteiger partial charge in [0, 0.05) is 37.6 Å². The van der Waals surface area contributed by atoms with Crippen molar-refractivity contribution < 1.29 is 19.4 Å². The van der Waals surface area contributed by atoms with Crippen molar-refractivity contribution in [2.24, 2.45) is 0 Å². The highest BCUT2D eigenvalue weighted by Crippen LogP contribution is 2.25. The summed E-state index contributed by atoms with van der Waals surface area (Å²) in [5.74, 6) is -0.0429. The Bertz CT molecular complexity index is 818. The lowest BCUT2D eigenvalue weighted by molar-refractivity contribution is -0.154. The number of benzene rings is 1. The summed E-state index contributed by atoms with van der Waals surface area (Å²) in [5, 5.41) is 14.4. The number of aliphatic hydroxyl groups is 1. The van der Waals surface area contributed by atoms with Crippen molar-refractivity contribution in [2.45, 2.75) is 135 Å². The molecule has 0 aliphatic carbocycles. The molecule has 0 radical (unpaired) electrons. The highest BCUT2D eigenvalue weighted by atomic mass is 16.6. The molecule has 230 valence electrons. The van der Waals surface area contributed by atoms with E-state index in [9.17, 15) is 9.59 Å². The number of unbranched alkanes of at least 4 members (excludes halogenated alkanes) is 2. The largest absolute Gasteiger partial charge is 0.460 e. The number of ether oxygens (including phenoxy) is 1. The molecule has 1 aromatic rings. The second-order valence-electron chi connectivity index (χ2n) is 12.4. The molecule has 0 saturated carbocycles. The molecule has 1 saturated heterocycles. The SMILES string of the molecule is CNCCCCO.C[C@H](CCCCC1CC[C@@H](C)N1C)NC(=O)CCc1ccc(CCC(=O)OC(C)(C)C)cc1. The fourth-order valence-electron chi connectivity index (χ4n) is 4.98. The average molecular weight is 562 g/mol. The number of nitrogens with zero attached hydrogens (tertiary/aromatic N) is 1. The third kappa shape index (κ3) is 17.0. The van der Waals surface area contributed by atoms with Crippen LogP contribution in [0, 0.1) is 0 Å². The Kier molecular flexibility index (Phi) is 18.0. The molecule has 0 aromatic heterocycles.